The second kappa shape index (κ2) is 15.2. The maximum absolute atomic E-state index is 14.6. The van der Waals surface area contributed by atoms with Crippen LogP contribution in [0.4, 0.5) is 0 Å². The van der Waals surface area contributed by atoms with Gasteiger partial charge < -0.3 is 64.5 Å². The molecule has 0 amide bonds. The van der Waals surface area contributed by atoms with Gasteiger partial charge in [-0.1, -0.05) is 53.2 Å². The van der Waals surface area contributed by atoms with Gasteiger partial charge in [0, 0.05) is 5.41 Å². The lowest BCUT2D eigenvalue weighted by Gasteiger charge is -2.71. The average molecular weight is 825 g/mol. The van der Waals surface area contributed by atoms with Crippen molar-refractivity contribution in [1.29, 1.82) is 0 Å². The molecule has 7 rings (SSSR count). The van der Waals surface area contributed by atoms with E-state index in [4.69, 9.17) is 23.7 Å². The molecule has 0 aromatic heterocycles. The number of aliphatic hydroxyl groups excluding tert-OH is 8. The molecule has 15 heteroatoms. The molecule has 58 heavy (non-hydrogen) atoms. The Hall–Kier alpha value is -1.76. The zero-order valence-corrected chi connectivity index (χ0v) is 35.1. The molecular weight excluding hydrogens is 756 g/mol. The van der Waals surface area contributed by atoms with Crippen LogP contribution in [0.1, 0.15) is 106 Å². The first kappa shape index (κ1) is 44.3. The predicted molar refractivity (Wildman–Crippen MR) is 204 cm³/mol. The number of esters is 2. The molecule has 5 aliphatic carbocycles. The molecule has 6 fully saturated rings. The van der Waals surface area contributed by atoms with Gasteiger partial charge in [0.2, 0.25) is 6.29 Å². The topological polar surface area (TPSA) is 242 Å². The van der Waals surface area contributed by atoms with Crippen LogP contribution < -0.4 is 0 Å². The Bertz CT molecular complexity index is 1600. The van der Waals surface area contributed by atoms with Crippen LogP contribution >= 0.6 is 0 Å². The van der Waals surface area contributed by atoms with Crippen LogP contribution in [0, 0.1) is 50.2 Å². The number of carbonyl (C=O) groups is 2. The van der Waals surface area contributed by atoms with E-state index in [-0.39, 0.29) is 46.0 Å². The molecule has 2 aliphatic heterocycles. The smallest absolute Gasteiger partial charge is 0.337 e. The van der Waals surface area contributed by atoms with Gasteiger partial charge in [0.1, 0.15) is 42.7 Å². The molecule has 0 bridgehead atoms. The third kappa shape index (κ3) is 6.46. The summed E-state index contributed by atoms with van der Waals surface area (Å²) in [5.74, 6) is -1.33. The highest BCUT2D eigenvalue weighted by Crippen LogP contribution is 2.76. The number of carbonyl (C=O) groups excluding carboxylic acids is 2. The van der Waals surface area contributed by atoms with Gasteiger partial charge in [0.05, 0.1) is 31.8 Å². The van der Waals surface area contributed by atoms with Gasteiger partial charge in [0.15, 0.2) is 12.4 Å². The summed E-state index contributed by atoms with van der Waals surface area (Å²) in [7, 11) is 1.14. The highest BCUT2D eigenvalue weighted by atomic mass is 16.7. The van der Waals surface area contributed by atoms with Gasteiger partial charge in [-0.2, -0.15) is 0 Å². The summed E-state index contributed by atoms with van der Waals surface area (Å²) in [6, 6.07) is 0. The highest BCUT2D eigenvalue weighted by molar-refractivity contribution is 5.79. The Morgan fingerprint density at radius 1 is 0.759 bits per heavy atom. The maximum atomic E-state index is 14.6. The van der Waals surface area contributed by atoms with Gasteiger partial charge in [0.25, 0.3) is 0 Å². The second-order valence-corrected chi connectivity index (χ2v) is 20.7. The van der Waals surface area contributed by atoms with Crippen molar-refractivity contribution in [1.82, 2.24) is 0 Å². The quantitative estimate of drug-likeness (QED) is 0.103. The van der Waals surface area contributed by atoms with Crippen LogP contribution in [0.3, 0.4) is 0 Å². The molecule has 330 valence electrons. The summed E-state index contributed by atoms with van der Waals surface area (Å²) in [6.45, 7) is 12.8. The van der Waals surface area contributed by atoms with Crippen LogP contribution in [0.15, 0.2) is 11.6 Å². The Balaban J connectivity index is 1.17. The number of hydrogen-bond donors (Lipinski definition) is 8. The number of methoxy groups -OCH3 is 1. The standard InChI is InChI=1S/C43H68O15/c1-38(2)14-16-43(37(53)58-35-31(50)28(47)27(46)23(19-44)55-35)17-15-41(5)21(22(43)18-38)8-9-25-39(3)12-11-26(40(4,20-45)24(39)10-13-42(25,41)6)56-36-32(51)29(48)30(49)33(57-36)34(52)54-7/h8,22-33,35-36,44-51H,9-20H2,1-7H3. The molecular formula is C43H68O15. The normalized spacial score (nSPS) is 52.5. The predicted octanol–water partition coefficient (Wildman–Crippen LogP) is 1.47. The van der Waals surface area contributed by atoms with Gasteiger partial charge in [-0.3, -0.25) is 4.79 Å². The van der Waals surface area contributed by atoms with Crippen LogP contribution in [-0.4, -0.2) is 141 Å². The minimum absolute atomic E-state index is 0.00200. The summed E-state index contributed by atoms with van der Waals surface area (Å²) < 4.78 is 28.5. The largest absolute Gasteiger partial charge is 0.467 e. The molecule has 8 N–H and O–H groups in total. The Morgan fingerprint density at radius 3 is 2.07 bits per heavy atom. The average Bonchev–Trinajstić information content (AvgIpc) is 3.18. The van der Waals surface area contributed by atoms with E-state index in [1.54, 1.807) is 0 Å². The fourth-order valence-electron chi connectivity index (χ4n) is 13.7. The number of aliphatic hydroxyl groups is 8. The van der Waals surface area contributed by atoms with Crippen molar-refractivity contribution >= 4 is 11.9 Å². The number of hydrogen-bond acceptors (Lipinski definition) is 15. The Kier molecular flexibility index (Phi) is 11.6. The first-order valence-electron chi connectivity index (χ1n) is 21.3. The monoisotopic (exact) mass is 824 g/mol. The van der Waals surface area contributed by atoms with Crippen LogP contribution in [0.5, 0.6) is 0 Å². The molecule has 2 saturated heterocycles. The van der Waals surface area contributed by atoms with E-state index in [1.165, 1.54) is 5.57 Å². The maximum Gasteiger partial charge on any atom is 0.337 e. The highest BCUT2D eigenvalue weighted by Gasteiger charge is 2.70. The summed E-state index contributed by atoms with van der Waals surface area (Å²) in [4.78, 5) is 27.0. The molecule has 0 radical (unpaired) electrons. The second-order valence-electron chi connectivity index (χ2n) is 20.7. The number of ether oxygens (including phenoxy) is 5. The van der Waals surface area contributed by atoms with E-state index >= 15 is 0 Å². The summed E-state index contributed by atoms with van der Waals surface area (Å²) in [5, 5.41) is 84.6. The number of allylic oxidation sites excluding steroid dienone is 2. The van der Waals surface area contributed by atoms with E-state index in [1.807, 2.05) is 6.92 Å². The minimum Gasteiger partial charge on any atom is -0.467 e. The van der Waals surface area contributed by atoms with Gasteiger partial charge in [-0.15, -0.1) is 0 Å². The summed E-state index contributed by atoms with van der Waals surface area (Å²) in [5.41, 5.74) is -1.17. The molecule has 2 heterocycles. The molecule has 0 spiro atoms. The van der Waals surface area contributed by atoms with Crippen molar-refractivity contribution in [2.24, 2.45) is 50.2 Å². The zero-order valence-electron chi connectivity index (χ0n) is 35.1. The molecule has 0 aromatic carbocycles. The first-order valence-corrected chi connectivity index (χ1v) is 21.3. The van der Waals surface area contributed by atoms with E-state index in [2.05, 4.69) is 40.7 Å². The Labute approximate surface area is 341 Å². The summed E-state index contributed by atoms with van der Waals surface area (Å²) >= 11 is 0. The lowest BCUT2D eigenvalue weighted by Crippen LogP contribution is -2.67. The summed E-state index contributed by atoms with van der Waals surface area (Å²) in [6.07, 6.45) is -6.82. The number of fused-ring (bicyclic) bond motifs is 7. The van der Waals surface area contributed by atoms with Crippen molar-refractivity contribution in [2.75, 3.05) is 20.3 Å². The van der Waals surface area contributed by atoms with Crippen molar-refractivity contribution in [3.63, 3.8) is 0 Å². The third-order valence-corrected chi connectivity index (χ3v) is 17.5. The van der Waals surface area contributed by atoms with Gasteiger partial charge in [-0.05, 0) is 104 Å². The third-order valence-electron chi connectivity index (χ3n) is 17.5. The minimum atomic E-state index is -1.71. The Morgan fingerprint density at radius 2 is 1.41 bits per heavy atom. The first-order chi connectivity index (χ1) is 27.1. The zero-order chi connectivity index (χ0) is 42.5. The van der Waals surface area contributed by atoms with Crippen molar-refractivity contribution in [3.8, 4) is 0 Å². The van der Waals surface area contributed by atoms with Crippen LogP contribution in [0.2, 0.25) is 0 Å². The van der Waals surface area contributed by atoms with Crippen molar-refractivity contribution in [2.45, 2.75) is 173 Å². The van der Waals surface area contributed by atoms with Crippen LogP contribution in [0.25, 0.3) is 0 Å². The fourth-order valence-corrected chi connectivity index (χ4v) is 13.7. The molecule has 15 nitrogen and oxygen atoms in total. The van der Waals surface area contributed by atoms with E-state index in [0.717, 1.165) is 52.1 Å². The lowest BCUT2D eigenvalue weighted by molar-refractivity contribution is -0.327. The molecule has 19 unspecified atom stereocenters. The van der Waals surface area contributed by atoms with Crippen molar-refractivity contribution < 1.29 is 74.1 Å². The number of rotatable bonds is 7. The SMILES string of the molecule is COC(=O)C1OC(OC2CCC3(C)C(CCC4(C)C3CC=C3C5CC(C)(C)CCC5(C(=O)OC5OC(CO)C(O)C(O)C5O)CCC34C)C2(C)CO)C(O)C(O)C1O. The lowest BCUT2D eigenvalue weighted by atomic mass is 9.33. The van der Waals surface area contributed by atoms with E-state index in [0.29, 0.717) is 19.3 Å². The van der Waals surface area contributed by atoms with E-state index < -0.39 is 96.9 Å². The van der Waals surface area contributed by atoms with Crippen molar-refractivity contribution in [3.05, 3.63) is 11.6 Å². The molecule has 4 saturated carbocycles. The van der Waals surface area contributed by atoms with Crippen LogP contribution in [-0.2, 0) is 33.3 Å². The molecule has 7 aliphatic rings. The molecule has 19 atom stereocenters. The molecule has 0 aromatic rings. The van der Waals surface area contributed by atoms with Gasteiger partial charge in [-0.25, -0.2) is 4.79 Å². The van der Waals surface area contributed by atoms with E-state index in [9.17, 15) is 50.4 Å². The fraction of sp³-hybridized carbons (Fsp3) is 0.907. The van der Waals surface area contributed by atoms with Gasteiger partial charge >= 0.3 is 11.9 Å².